The standard InChI is InChI=1S/C22H23N3O3/c26-24-16-19(22(25(27)28)20-8-4-5-9-21(20)24)14-17-10-12-23(13-11-17)15-18-6-2-1-3-7-18/h1-9,16-17H,10-15H2. The molecule has 3 aromatic rings. The average Bonchev–Trinajstić information content (AvgIpc) is 2.70. The highest BCUT2D eigenvalue weighted by atomic mass is 16.6. The van der Waals surface area contributed by atoms with Crippen molar-refractivity contribution in [3.63, 3.8) is 0 Å². The van der Waals surface area contributed by atoms with Crippen LogP contribution in [0.3, 0.4) is 0 Å². The predicted molar refractivity (Wildman–Crippen MR) is 108 cm³/mol. The van der Waals surface area contributed by atoms with Gasteiger partial charge in [-0.2, -0.15) is 4.73 Å². The molecule has 6 nitrogen and oxygen atoms in total. The van der Waals surface area contributed by atoms with E-state index < -0.39 is 0 Å². The Hall–Kier alpha value is -2.99. The molecule has 0 radical (unpaired) electrons. The first kappa shape index (κ1) is 18.4. The molecule has 2 aromatic carbocycles. The molecule has 4 rings (SSSR count). The Balaban J connectivity index is 1.49. The summed E-state index contributed by atoms with van der Waals surface area (Å²) < 4.78 is 0.766. The molecule has 0 aliphatic carbocycles. The van der Waals surface area contributed by atoms with E-state index in [1.54, 1.807) is 24.3 Å². The number of hydrogen-bond acceptors (Lipinski definition) is 4. The number of rotatable bonds is 5. The Morgan fingerprint density at radius 2 is 1.71 bits per heavy atom. The summed E-state index contributed by atoms with van der Waals surface area (Å²) in [4.78, 5) is 13.8. The zero-order valence-corrected chi connectivity index (χ0v) is 15.7. The highest BCUT2D eigenvalue weighted by Crippen LogP contribution is 2.31. The van der Waals surface area contributed by atoms with Gasteiger partial charge >= 0.3 is 0 Å². The van der Waals surface area contributed by atoms with E-state index in [0.717, 1.165) is 37.2 Å². The second-order valence-corrected chi connectivity index (χ2v) is 7.51. The zero-order chi connectivity index (χ0) is 19.5. The van der Waals surface area contributed by atoms with Gasteiger partial charge in [-0.25, -0.2) is 0 Å². The lowest BCUT2D eigenvalue weighted by Gasteiger charge is -2.31. The van der Waals surface area contributed by atoms with E-state index in [2.05, 4.69) is 29.2 Å². The van der Waals surface area contributed by atoms with Gasteiger partial charge < -0.3 is 5.21 Å². The third kappa shape index (κ3) is 3.82. The number of likely N-dealkylation sites (tertiary alicyclic amines) is 1. The van der Waals surface area contributed by atoms with Crippen molar-refractivity contribution in [2.24, 2.45) is 5.92 Å². The van der Waals surface area contributed by atoms with Gasteiger partial charge in [0.15, 0.2) is 6.20 Å². The van der Waals surface area contributed by atoms with Crippen molar-refractivity contribution in [2.45, 2.75) is 25.8 Å². The highest BCUT2D eigenvalue weighted by Gasteiger charge is 2.28. The molecule has 6 heteroatoms. The second kappa shape index (κ2) is 7.94. The Bertz CT molecular complexity index is 983. The van der Waals surface area contributed by atoms with Crippen molar-refractivity contribution in [1.29, 1.82) is 0 Å². The fourth-order valence-electron chi connectivity index (χ4n) is 4.18. The third-order valence-electron chi connectivity index (χ3n) is 5.62. The fourth-order valence-corrected chi connectivity index (χ4v) is 4.18. The molecule has 0 saturated carbocycles. The van der Waals surface area contributed by atoms with Crippen molar-refractivity contribution in [1.82, 2.24) is 4.90 Å². The third-order valence-corrected chi connectivity index (χ3v) is 5.62. The number of fused-ring (bicyclic) bond motifs is 1. The van der Waals surface area contributed by atoms with E-state index in [-0.39, 0.29) is 10.6 Å². The molecule has 0 unspecified atom stereocenters. The van der Waals surface area contributed by atoms with Gasteiger partial charge in [0, 0.05) is 12.6 Å². The predicted octanol–water partition coefficient (Wildman–Crippen LogP) is 3.84. The number of pyridine rings is 1. The van der Waals surface area contributed by atoms with Crippen LogP contribution < -0.4 is 4.73 Å². The Morgan fingerprint density at radius 3 is 2.43 bits per heavy atom. The van der Waals surface area contributed by atoms with Crippen molar-refractivity contribution in [3.05, 3.63) is 87.2 Å². The van der Waals surface area contributed by atoms with Crippen LogP contribution in [-0.4, -0.2) is 22.9 Å². The van der Waals surface area contributed by atoms with Gasteiger partial charge in [-0.3, -0.25) is 15.0 Å². The number of benzene rings is 2. The minimum absolute atomic E-state index is 0.0782. The molecule has 0 N–H and O–H groups in total. The number of nitrogens with zero attached hydrogens (tertiary/aromatic N) is 3. The maximum absolute atomic E-state index is 12.4. The summed E-state index contributed by atoms with van der Waals surface area (Å²) in [5, 5.41) is 24.5. The summed E-state index contributed by atoms with van der Waals surface area (Å²) in [6.07, 6.45) is 3.94. The second-order valence-electron chi connectivity index (χ2n) is 7.51. The van der Waals surface area contributed by atoms with Gasteiger partial charge in [-0.1, -0.05) is 42.5 Å². The first-order valence-corrected chi connectivity index (χ1v) is 9.66. The van der Waals surface area contributed by atoms with Crippen LogP contribution in [0.4, 0.5) is 5.69 Å². The summed E-state index contributed by atoms with van der Waals surface area (Å²) in [5.74, 6) is 0.354. The number of nitro groups is 1. The summed E-state index contributed by atoms with van der Waals surface area (Å²) in [7, 11) is 0. The van der Waals surface area contributed by atoms with Crippen molar-refractivity contribution in [3.8, 4) is 0 Å². The molecule has 0 bridgehead atoms. The first-order valence-electron chi connectivity index (χ1n) is 9.66. The quantitative estimate of drug-likeness (QED) is 0.293. The fraction of sp³-hybridized carbons (Fsp3) is 0.318. The number of hydrogen-bond donors (Lipinski definition) is 0. The number of aromatic nitrogens is 1. The van der Waals surface area contributed by atoms with Gasteiger partial charge in [0.05, 0.1) is 10.5 Å². The molecular weight excluding hydrogens is 354 g/mol. The van der Waals surface area contributed by atoms with E-state index >= 15 is 0 Å². The first-order chi connectivity index (χ1) is 13.6. The summed E-state index contributed by atoms with van der Waals surface area (Å²) in [6, 6.07) is 17.2. The molecule has 1 aromatic heterocycles. The van der Waals surface area contributed by atoms with E-state index in [4.69, 9.17) is 0 Å². The summed E-state index contributed by atoms with van der Waals surface area (Å²) in [6.45, 7) is 2.88. The van der Waals surface area contributed by atoms with E-state index in [9.17, 15) is 15.3 Å². The SMILES string of the molecule is O=[N+]([O-])c1c(CC2CCN(Cc3ccccc3)CC2)c[n+]([O-])c2ccccc12. The lowest BCUT2D eigenvalue weighted by molar-refractivity contribution is -0.578. The van der Waals surface area contributed by atoms with Crippen LogP contribution in [0.5, 0.6) is 0 Å². The molecule has 1 aliphatic rings. The van der Waals surface area contributed by atoms with Gasteiger partial charge in [-0.05, 0) is 49.9 Å². The molecule has 144 valence electrons. The lowest BCUT2D eigenvalue weighted by atomic mass is 9.89. The molecule has 28 heavy (non-hydrogen) atoms. The van der Waals surface area contributed by atoms with Gasteiger partial charge in [0.25, 0.3) is 5.69 Å². The molecule has 1 fully saturated rings. The van der Waals surface area contributed by atoms with Crippen LogP contribution in [0.25, 0.3) is 10.9 Å². The lowest BCUT2D eigenvalue weighted by Crippen LogP contribution is -2.34. The van der Waals surface area contributed by atoms with E-state index in [1.807, 2.05) is 6.07 Å². The van der Waals surface area contributed by atoms with E-state index in [0.29, 0.717) is 28.8 Å². The van der Waals surface area contributed by atoms with Gasteiger partial charge in [0.2, 0.25) is 5.52 Å². The van der Waals surface area contributed by atoms with Crippen molar-refractivity contribution < 1.29 is 9.65 Å². The number of para-hydroxylation sites is 1. The van der Waals surface area contributed by atoms with Crippen LogP contribution in [-0.2, 0) is 13.0 Å². The van der Waals surface area contributed by atoms with Crippen LogP contribution in [0.1, 0.15) is 24.0 Å². The smallest absolute Gasteiger partial charge is 0.292 e. The monoisotopic (exact) mass is 377 g/mol. The molecule has 0 amide bonds. The normalized spacial score (nSPS) is 15.7. The van der Waals surface area contributed by atoms with E-state index in [1.165, 1.54) is 11.8 Å². The molecule has 1 saturated heterocycles. The summed E-state index contributed by atoms with van der Waals surface area (Å²) in [5.41, 5.74) is 2.27. The minimum Gasteiger partial charge on any atom is -0.618 e. The Morgan fingerprint density at radius 1 is 1.04 bits per heavy atom. The maximum Gasteiger partial charge on any atom is 0.292 e. The summed E-state index contributed by atoms with van der Waals surface area (Å²) >= 11 is 0. The molecule has 1 aliphatic heterocycles. The van der Waals surface area contributed by atoms with Gasteiger partial charge in [-0.15, -0.1) is 0 Å². The van der Waals surface area contributed by atoms with Crippen molar-refractivity contribution >= 4 is 16.6 Å². The van der Waals surface area contributed by atoms with Crippen LogP contribution in [0.15, 0.2) is 60.8 Å². The largest absolute Gasteiger partial charge is 0.618 e. The van der Waals surface area contributed by atoms with Crippen molar-refractivity contribution in [2.75, 3.05) is 13.1 Å². The highest BCUT2D eigenvalue weighted by molar-refractivity contribution is 5.86. The van der Waals surface area contributed by atoms with Gasteiger partial charge in [0.1, 0.15) is 5.39 Å². The topological polar surface area (TPSA) is 73.3 Å². The van der Waals surface area contributed by atoms with Crippen LogP contribution in [0.2, 0.25) is 0 Å². The minimum atomic E-state index is -0.345. The molecular formula is C22H23N3O3. The molecule has 0 atom stereocenters. The average molecular weight is 377 g/mol. The zero-order valence-electron chi connectivity index (χ0n) is 15.7. The number of piperidine rings is 1. The maximum atomic E-state index is 12.4. The molecule has 2 heterocycles. The molecule has 0 spiro atoms. The van der Waals surface area contributed by atoms with Crippen LogP contribution in [0, 0.1) is 21.2 Å². The van der Waals surface area contributed by atoms with Crippen LogP contribution >= 0.6 is 0 Å². The Kier molecular flexibility index (Phi) is 5.21. The Labute approximate surface area is 163 Å².